The molecule has 0 amide bonds. The highest BCUT2D eigenvalue weighted by atomic mass is 16.5. The van der Waals surface area contributed by atoms with Gasteiger partial charge in [0, 0.05) is 33.0 Å². The lowest BCUT2D eigenvalue weighted by Gasteiger charge is -2.29. The normalized spacial score (nSPS) is 14.0. The Bertz CT molecular complexity index is 356. The van der Waals surface area contributed by atoms with E-state index >= 15 is 0 Å². The predicted octanol–water partition coefficient (Wildman–Crippen LogP) is 0.213. The molecule has 0 bridgehead atoms. The number of benzene rings is 1. The molecule has 0 aliphatic heterocycles. The molecule has 6 heteroatoms. The molecule has 6 nitrogen and oxygen atoms in total. The van der Waals surface area contributed by atoms with E-state index in [-0.39, 0.29) is 19.0 Å². The van der Waals surface area contributed by atoms with Gasteiger partial charge in [0.1, 0.15) is 5.75 Å². The van der Waals surface area contributed by atoms with Crippen LogP contribution in [0.2, 0.25) is 0 Å². The molecule has 0 saturated heterocycles. The zero-order valence-corrected chi connectivity index (χ0v) is 11.9. The molecule has 114 valence electrons. The lowest BCUT2D eigenvalue weighted by molar-refractivity contribution is 0.0559. The summed E-state index contributed by atoms with van der Waals surface area (Å²) in [7, 11) is 3.04. The van der Waals surface area contributed by atoms with Crippen LogP contribution in [-0.2, 0) is 9.47 Å². The van der Waals surface area contributed by atoms with Crippen molar-refractivity contribution in [2.75, 3.05) is 45.4 Å². The molecule has 0 saturated carbocycles. The van der Waals surface area contributed by atoms with Crippen LogP contribution in [-0.4, -0.2) is 68.1 Å². The smallest absolute Gasteiger partial charge is 0.115 e. The van der Waals surface area contributed by atoms with Crippen LogP contribution in [0.1, 0.15) is 0 Å². The fourth-order valence-corrected chi connectivity index (χ4v) is 1.95. The Morgan fingerprint density at radius 3 is 1.80 bits per heavy atom. The number of methoxy groups -OCH3 is 2. The summed E-state index contributed by atoms with van der Waals surface area (Å²) in [6, 6.07) is 6.59. The molecule has 0 aromatic heterocycles. The Kier molecular flexibility index (Phi) is 7.32. The van der Waals surface area contributed by atoms with Crippen molar-refractivity contribution in [1.82, 2.24) is 0 Å². The highest BCUT2D eigenvalue weighted by Crippen LogP contribution is 2.19. The Labute approximate surface area is 119 Å². The summed E-state index contributed by atoms with van der Waals surface area (Å²) >= 11 is 0. The average molecular weight is 285 g/mol. The minimum absolute atomic E-state index is 0.170. The molecular weight excluding hydrogens is 262 g/mol. The van der Waals surface area contributed by atoms with Crippen LogP contribution in [0.3, 0.4) is 0 Å². The molecule has 2 atom stereocenters. The number of aliphatic hydroxyl groups is 2. The number of aliphatic hydroxyl groups excluding tert-OH is 2. The van der Waals surface area contributed by atoms with Crippen molar-refractivity contribution in [3.63, 3.8) is 0 Å². The fraction of sp³-hybridized carbons (Fsp3) is 0.571. The van der Waals surface area contributed by atoms with E-state index in [4.69, 9.17) is 9.47 Å². The third-order valence-corrected chi connectivity index (χ3v) is 2.80. The van der Waals surface area contributed by atoms with Crippen LogP contribution >= 0.6 is 0 Å². The lowest BCUT2D eigenvalue weighted by Crippen LogP contribution is -2.40. The van der Waals surface area contributed by atoms with E-state index in [0.29, 0.717) is 13.1 Å². The maximum Gasteiger partial charge on any atom is 0.115 e. The summed E-state index contributed by atoms with van der Waals surface area (Å²) in [5, 5.41) is 29.0. The van der Waals surface area contributed by atoms with Crippen molar-refractivity contribution in [3.8, 4) is 5.75 Å². The standard InChI is InChI=1S/C14H23NO5/c1-19-9-13(17)7-15(8-14(18)10-20-2)11-3-5-12(16)6-4-11/h3-6,13-14,16-18H,7-10H2,1-2H3. The maximum absolute atomic E-state index is 9.85. The Morgan fingerprint density at radius 2 is 1.40 bits per heavy atom. The zero-order valence-electron chi connectivity index (χ0n) is 11.9. The summed E-state index contributed by atoms with van der Waals surface area (Å²) in [6.07, 6.45) is -1.33. The molecule has 0 fully saturated rings. The van der Waals surface area contributed by atoms with Crippen LogP contribution in [0.25, 0.3) is 0 Å². The number of aromatic hydroxyl groups is 1. The predicted molar refractivity (Wildman–Crippen MR) is 76.1 cm³/mol. The third kappa shape index (κ3) is 5.75. The number of ether oxygens (including phenoxy) is 2. The minimum Gasteiger partial charge on any atom is -0.508 e. The number of anilines is 1. The molecule has 3 N–H and O–H groups in total. The highest BCUT2D eigenvalue weighted by molar-refractivity contribution is 5.49. The summed E-state index contributed by atoms with van der Waals surface area (Å²) in [5.41, 5.74) is 0.799. The van der Waals surface area contributed by atoms with E-state index in [1.165, 1.54) is 14.2 Å². The van der Waals surface area contributed by atoms with E-state index in [9.17, 15) is 15.3 Å². The fourth-order valence-electron chi connectivity index (χ4n) is 1.95. The first-order valence-electron chi connectivity index (χ1n) is 6.44. The van der Waals surface area contributed by atoms with Gasteiger partial charge in [0.15, 0.2) is 0 Å². The molecule has 1 aromatic rings. The third-order valence-electron chi connectivity index (χ3n) is 2.80. The van der Waals surface area contributed by atoms with Crippen molar-refractivity contribution < 1.29 is 24.8 Å². The van der Waals surface area contributed by atoms with Crippen LogP contribution < -0.4 is 4.90 Å². The van der Waals surface area contributed by atoms with Crippen molar-refractivity contribution in [2.24, 2.45) is 0 Å². The number of phenolic OH excluding ortho intramolecular Hbond substituents is 1. The van der Waals surface area contributed by atoms with Crippen molar-refractivity contribution in [1.29, 1.82) is 0 Å². The van der Waals surface area contributed by atoms with Gasteiger partial charge in [-0.1, -0.05) is 0 Å². The van der Waals surface area contributed by atoms with E-state index in [1.807, 2.05) is 4.90 Å². The summed E-state index contributed by atoms with van der Waals surface area (Å²) in [4.78, 5) is 1.83. The van der Waals surface area contributed by atoms with Gasteiger partial charge in [-0.25, -0.2) is 0 Å². The van der Waals surface area contributed by atoms with E-state index in [2.05, 4.69) is 0 Å². The second-order valence-electron chi connectivity index (χ2n) is 4.64. The quantitative estimate of drug-likeness (QED) is 0.602. The van der Waals surface area contributed by atoms with Gasteiger partial charge >= 0.3 is 0 Å². The van der Waals surface area contributed by atoms with Gasteiger partial charge in [-0.3, -0.25) is 0 Å². The van der Waals surface area contributed by atoms with Gasteiger partial charge in [-0.05, 0) is 24.3 Å². The number of hydrogen-bond donors (Lipinski definition) is 3. The van der Waals surface area contributed by atoms with E-state index in [0.717, 1.165) is 5.69 Å². The van der Waals surface area contributed by atoms with Crippen LogP contribution in [0.5, 0.6) is 5.75 Å². The second-order valence-corrected chi connectivity index (χ2v) is 4.64. The Balaban J connectivity index is 2.74. The number of phenols is 1. The molecule has 1 rings (SSSR count). The van der Waals surface area contributed by atoms with E-state index in [1.54, 1.807) is 24.3 Å². The molecule has 0 aliphatic carbocycles. The molecule has 0 heterocycles. The largest absolute Gasteiger partial charge is 0.508 e. The average Bonchev–Trinajstić information content (AvgIpc) is 2.39. The van der Waals surface area contributed by atoms with Gasteiger partial charge in [-0.15, -0.1) is 0 Å². The molecular formula is C14H23NO5. The molecule has 2 unspecified atom stereocenters. The van der Waals surface area contributed by atoms with Gasteiger partial charge in [0.2, 0.25) is 0 Å². The van der Waals surface area contributed by atoms with Gasteiger partial charge in [-0.2, -0.15) is 0 Å². The summed E-state index contributed by atoms with van der Waals surface area (Å²) in [6.45, 7) is 1.07. The van der Waals surface area contributed by atoms with Crippen molar-refractivity contribution >= 4 is 5.69 Å². The number of nitrogens with zero attached hydrogens (tertiary/aromatic N) is 1. The van der Waals surface area contributed by atoms with Gasteiger partial charge in [0.05, 0.1) is 25.4 Å². The van der Waals surface area contributed by atoms with Crippen LogP contribution in [0.4, 0.5) is 5.69 Å². The maximum atomic E-state index is 9.85. The van der Waals surface area contributed by atoms with Gasteiger partial charge in [0.25, 0.3) is 0 Å². The van der Waals surface area contributed by atoms with Gasteiger partial charge < -0.3 is 29.7 Å². The first kappa shape index (κ1) is 16.7. The molecule has 20 heavy (non-hydrogen) atoms. The molecule has 0 radical (unpaired) electrons. The zero-order chi connectivity index (χ0) is 15.0. The highest BCUT2D eigenvalue weighted by Gasteiger charge is 2.16. The summed E-state index contributed by atoms with van der Waals surface area (Å²) in [5.74, 6) is 0.170. The summed E-state index contributed by atoms with van der Waals surface area (Å²) < 4.78 is 9.82. The number of rotatable bonds is 9. The van der Waals surface area contributed by atoms with E-state index < -0.39 is 12.2 Å². The first-order chi connectivity index (χ1) is 9.56. The van der Waals surface area contributed by atoms with Crippen LogP contribution in [0, 0.1) is 0 Å². The van der Waals surface area contributed by atoms with Crippen molar-refractivity contribution in [3.05, 3.63) is 24.3 Å². The SMILES string of the molecule is COCC(O)CN(CC(O)COC)c1ccc(O)cc1. The second kappa shape index (κ2) is 8.76. The molecule has 0 spiro atoms. The lowest BCUT2D eigenvalue weighted by atomic mass is 10.2. The Hall–Kier alpha value is -1.34. The topological polar surface area (TPSA) is 82.4 Å². The first-order valence-corrected chi connectivity index (χ1v) is 6.44. The molecule has 0 aliphatic rings. The minimum atomic E-state index is -0.663. The van der Waals surface area contributed by atoms with Crippen LogP contribution in [0.15, 0.2) is 24.3 Å². The molecule has 1 aromatic carbocycles. The monoisotopic (exact) mass is 285 g/mol. The Morgan fingerprint density at radius 1 is 0.950 bits per heavy atom. The van der Waals surface area contributed by atoms with Crippen molar-refractivity contribution in [2.45, 2.75) is 12.2 Å². The number of hydrogen-bond acceptors (Lipinski definition) is 6.